The maximum atomic E-state index is 13.1. The van der Waals surface area contributed by atoms with Crippen molar-refractivity contribution in [2.45, 2.75) is 6.92 Å². The average Bonchev–Trinajstić information content (AvgIpc) is 2.91. The van der Waals surface area contributed by atoms with Crippen molar-refractivity contribution in [3.63, 3.8) is 0 Å². The van der Waals surface area contributed by atoms with E-state index in [1.54, 1.807) is 31.2 Å². The highest BCUT2D eigenvalue weighted by molar-refractivity contribution is 6.32. The summed E-state index contributed by atoms with van der Waals surface area (Å²) in [6.45, 7) is 1.73. The van der Waals surface area contributed by atoms with Gasteiger partial charge in [0.15, 0.2) is 0 Å². The predicted octanol–water partition coefficient (Wildman–Crippen LogP) is 3.44. The van der Waals surface area contributed by atoms with Gasteiger partial charge in [-0.25, -0.2) is 14.5 Å². The number of rotatable bonds is 4. The van der Waals surface area contributed by atoms with Gasteiger partial charge in [0.2, 0.25) is 0 Å². The zero-order valence-electron chi connectivity index (χ0n) is 13.6. The van der Waals surface area contributed by atoms with Crippen LogP contribution < -0.4 is 5.43 Å². The highest BCUT2D eigenvalue weighted by Crippen LogP contribution is 2.22. The summed E-state index contributed by atoms with van der Waals surface area (Å²) in [7, 11) is 0. The number of phenolic OH excluding ortho intramolecular Hbond substituents is 1. The maximum absolute atomic E-state index is 13.1. The number of benzene rings is 2. The number of aromatic hydroxyl groups is 1. The van der Waals surface area contributed by atoms with Crippen LogP contribution in [0.1, 0.15) is 21.6 Å². The minimum Gasteiger partial charge on any atom is -0.507 e. The summed E-state index contributed by atoms with van der Waals surface area (Å²) < 4.78 is 14.5. The van der Waals surface area contributed by atoms with Crippen molar-refractivity contribution >= 4 is 23.7 Å². The van der Waals surface area contributed by atoms with E-state index in [9.17, 15) is 14.3 Å². The molecule has 0 aliphatic heterocycles. The number of amides is 1. The van der Waals surface area contributed by atoms with Gasteiger partial charge in [-0.3, -0.25) is 4.79 Å². The first kappa shape index (κ1) is 17.6. The number of nitrogens with zero attached hydrogens (tertiary/aromatic N) is 3. The van der Waals surface area contributed by atoms with Crippen molar-refractivity contribution in [2.24, 2.45) is 5.10 Å². The van der Waals surface area contributed by atoms with Crippen LogP contribution in [0, 0.1) is 12.7 Å². The minimum atomic E-state index is -0.556. The fourth-order valence-electron chi connectivity index (χ4n) is 2.29. The molecule has 132 valence electrons. The minimum absolute atomic E-state index is 0.106. The molecular weight excluding hydrogens is 359 g/mol. The van der Waals surface area contributed by atoms with E-state index in [-0.39, 0.29) is 22.3 Å². The van der Waals surface area contributed by atoms with Crippen LogP contribution in [0.4, 0.5) is 4.39 Å². The second-order valence-corrected chi connectivity index (χ2v) is 5.75. The molecule has 0 radical (unpaired) electrons. The zero-order chi connectivity index (χ0) is 18.7. The molecule has 2 N–H and O–H groups in total. The normalized spacial score (nSPS) is 11.0. The molecule has 0 aliphatic carbocycles. The van der Waals surface area contributed by atoms with E-state index in [1.807, 2.05) is 0 Å². The first-order chi connectivity index (χ1) is 12.5. The second kappa shape index (κ2) is 7.37. The van der Waals surface area contributed by atoms with Gasteiger partial charge >= 0.3 is 0 Å². The van der Waals surface area contributed by atoms with Crippen LogP contribution >= 0.6 is 11.6 Å². The molecule has 26 heavy (non-hydrogen) atoms. The van der Waals surface area contributed by atoms with Gasteiger partial charge in [-0.05, 0) is 43.3 Å². The van der Waals surface area contributed by atoms with Crippen LogP contribution in [-0.2, 0) is 0 Å². The monoisotopic (exact) mass is 372 g/mol. The van der Waals surface area contributed by atoms with Crippen LogP contribution in [0.5, 0.6) is 5.75 Å². The number of phenols is 1. The summed E-state index contributed by atoms with van der Waals surface area (Å²) >= 11 is 6.32. The van der Waals surface area contributed by atoms with Crippen molar-refractivity contribution < 1.29 is 14.3 Å². The van der Waals surface area contributed by atoms with Gasteiger partial charge in [-0.2, -0.15) is 10.2 Å². The highest BCUT2D eigenvalue weighted by Gasteiger charge is 2.14. The van der Waals surface area contributed by atoms with Gasteiger partial charge in [0.05, 0.1) is 28.7 Å². The van der Waals surface area contributed by atoms with E-state index in [2.05, 4.69) is 15.6 Å². The number of nitrogens with one attached hydrogen (secondary N) is 1. The van der Waals surface area contributed by atoms with E-state index in [4.69, 9.17) is 11.6 Å². The Hall–Kier alpha value is -3.19. The quantitative estimate of drug-likeness (QED) is 0.544. The molecule has 1 heterocycles. The summed E-state index contributed by atoms with van der Waals surface area (Å²) in [5.41, 5.74) is 4.12. The molecule has 0 saturated heterocycles. The van der Waals surface area contributed by atoms with E-state index in [0.29, 0.717) is 16.9 Å². The van der Waals surface area contributed by atoms with Crippen molar-refractivity contribution in [2.75, 3.05) is 0 Å². The number of hydrogen-bond acceptors (Lipinski definition) is 4. The third-order valence-corrected chi connectivity index (χ3v) is 3.99. The number of carbonyl (C=O) groups excluding carboxylic acids is 1. The molecule has 0 atom stereocenters. The summed E-state index contributed by atoms with van der Waals surface area (Å²) in [6.07, 6.45) is 1.36. The fraction of sp³-hybridized carbons (Fsp3) is 0.0556. The molecule has 3 aromatic rings. The van der Waals surface area contributed by atoms with Gasteiger partial charge in [-0.1, -0.05) is 23.7 Å². The van der Waals surface area contributed by atoms with Crippen LogP contribution in [0.15, 0.2) is 53.6 Å². The largest absolute Gasteiger partial charge is 0.507 e. The number of hydrazone groups is 1. The van der Waals surface area contributed by atoms with Gasteiger partial charge in [-0.15, -0.1) is 0 Å². The number of para-hydroxylation sites is 1. The molecule has 8 heteroatoms. The predicted molar refractivity (Wildman–Crippen MR) is 96.4 cm³/mol. The van der Waals surface area contributed by atoms with Gasteiger partial charge < -0.3 is 5.11 Å². The molecule has 6 nitrogen and oxygen atoms in total. The molecule has 1 aromatic heterocycles. The lowest BCUT2D eigenvalue weighted by atomic mass is 10.2. The van der Waals surface area contributed by atoms with Gasteiger partial charge in [0.1, 0.15) is 16.7 Å². The molecule has 0 saturated carbocycles. The van der Waals surface area contributed by atoms with Crippen LogP contribution in [0.3, 0.4) is 0 Å². The first-order valence-electron chi connectivity index (χ1n) is 7.60. The summed E-state index contributed by atoms with van der Waals surface area (Å²) in [5.74, 6) is -1.06. The van der Waals surface area contributed by atoms with Gasteiger partial charge in [0, 0.05) is 0 Å². The molecule has 0 aliphatic rings. The Morgan fingerprint density at radius 1 is 1.27 bits per heavy atom. The first-order valence-corrected chi connectivity index (χ1v) is 7.97. The number of aryl methyl sites for hydroxylation is 1. The lowest BCUT2D eigenvalue weighted by Gasteiger charge is -2.03. The maximum Gasteiger partial charge on any atom is 0.275 e. The number of hydrogen-bond donors (Lipinski definition) is 2. The van der Waals surface area contributed by atoms with Gasteiger partial charge in [0.25, 0.3) is 5.91 Å². The molecule has 3 rings (SSSR count). The Kier molecular flexibility index (Phi) is 4.99. The molecule has 1 amide bonds. The van der Waals surface area contributed by atoms with Crippen molar-refractivity contribution in [3.8, 4) is 11.4 Å². The van der Waals surface area contributed by atoms with E-state index < -0.39 is 5.91 Å². The standard InChI is InChI=1S/C18H14ClFN4O2/c1-11-15(10-21-22-18(26)14-4-2-3-5-16(14)25)17(19)24(23-11)13-8-6-12(20)7-9-13/h2-10,25H,1H3,(H,22,26)/b21-10-. The Labute approximate surface area is 153 Å². The third-order valence-electron chi connectivity index (χ3n) is 3.63. The molecular formula is C18H14ClFN4O2. The van der Waals surface area contributed by atoms with Crippen molar-refractivity contribution in [3.05, 3.63) is 76.3 Å². The summed E-state index contributed by atoms with van der Waals surface area (Å²) in [6, 6.07) is 11.8. The Balaban J connectivity index is 1.80. The Morgan fingerprint density at radius 3 is 2.65 bits per heavy atom. The van der Waals surface area contributed by atoms with E-state index in [1.165, 1.54) is 35.2 Å². The average molecular weight is 373 g/mol. The Morgan fingerprint density at radius 2 is 1.96 bits per heavy atom. The van der Waals surface area contributed by atoms with E-state index in [0.717, 1.165) is 0 Å². The van der Waals surface area contributed by atoms with Crippen LogP contribution in [0.25, 0.3) is 5.69 Å². The fourth-order valence-corrected chi connectivity index (χ4v) is 2.61. The Bertz CT molecular complexity index is 983. The van der Waals surface area contributed by atoms with Crippen molar-refractivity contribution in [1.29, 1.82) is 0 Å². The summed E-state index contributed by atoms with van der Waals surface area (Å²) in [5, 5.41) is 18.1. The number of halogens is 2. The molecule has 0 bridgehead atoms. The molecule has 2 aromatic carbocycles. The zero-order valence-corrected chi connectivity index (χ0v) is 14.4. The number of aromatic nitrogens is 2. The topological polar surface area (TPSA) is 79.5 Å². The second-order valence-electron chi connectivity index (χ2n) is 5.39. The third kappa shape index (κ3) is 3.57. The lowest BCUT2D eigenvalue weighted by Crippen LogP contribution is -2.17. The number of carbonyl (C=O) groups is 1. The SMILES string of the molecule is Cc1nn(-c2ccc(F)cc2)c(Cl)c1/C=N\NC(=O)c1ccccc1O. The lowest BCUT2D eigenvalue weighted by molar-refractivity contribution is 0.0952. The smallest absolute Gasteiger partial charge is 0.275 e. The summed E-state index contributed by atoms with van der Waals surface area (Å²) in [4.78, 5) is 12.0. The molecule has 0 unspecified atom stereocenters. The van der Waals surface area contributed by atoms with E-state index >= 15 is 0 Å². The highest BCUT2D eigenvalue weighted by atomic mass is 35.5. The van der Waals surface area contributed by atoms with Crippen LogP contribution in [-0.4, -0.2) is 27.0 Å². The molecule has 0 spiro atoms. The molecule has 0 fully saturated rings. The van der Waals surface area contributed by atoms with Crippen LogP contribution in [0.2, 0.25) is 5.15 Å². The van der Waals surface area contributed by atoms with Crippen molar-refractivity contribution in [1.82, 2.24) is 15.2 Å².